The maximum Gasteiger partial charge on any atom is 0.269 e. The number of nitrogens with zero attached hydrogens (tertiary/aromatic N) is 3. The van der Waals surface area contributed by atoms with Gasteiger partial charge in [0.2, 0.25) is 0 Å². The van der Waals surface area contributed by atoms with Crippen molar-refractivity contribution >= 4 is 5.69 Å². The molecule has 0 fully saturated rings. The fraction of sp³-hybridized carbons (Fsp3) is 0.111. The molecule has 1 heterocycles. The highest BCUT2D eigenvalue weighted by Gasteiger charge is 2.14. The number of aromatic nitrogens is 3. The maximum absolute atomic E-state index is 10.4. The van der Waals surface area contributed by atoms with E-state index in [-0.39, 0.29) is 5.69 Å². The second-order valence-electron chi connectivity index (χ2n) is 3.15. The van der Waals surface area contributed by atoms with Gasteiger partial charge in [-0.1, -0.05) is 0 Å². The smallest absolute Gasteiger partial charge is 0.269 e. The van der Waals surface area contributed by atoms with Crippen molar-refractivity contribution in [2.45, 2.75) is 6.10 Å². The Balaban J connectivity index is 2.25. The minimum absolute atomic E-state index is 0.0175. The zero-order valence-corrected chi connectivity index (χ0v) is 8.07. The van der Waals surface area contributed by atoms with Gasteiger partial charge in [0.1, 0.15) is 11.8 Å². The number of nitro benzene ring substituents is 1. The number of nitro groups is 1. The van der Waals surface area contributed by atoms with Crippen LogP contribution in [0.1, 0.15) is 17.4 Å². The van der Waals surface area contributed by atoms with E-state index in [1.165, 1.54) is 30.5 Å². The molecule has 0 spiro atoms. The van der Waals surface area contributed by atoms with Crippen molar-refractivity contribution in [3.05, 3.63) is 51.8 Å². The van der Waals surface area contributed by atoms with Crippen LogP contribution < -0.4 is 0 Å². The van der Waals surface area contributed by atoms with E-state index < -0.39 is 11.0 Å². The van der Waals surface area contributed by atoms with Crippen LogP contribution in [0.2, 0.25) is 0 Å². The summed E-state index contributed by atoms with van der Waals surface area (Å²) in [5.74, 6) is 0. The minimum atomic E-state index is -0.931. The summed E-state index contributed by atoms with van der Waals surface area (Å²) in [6.07, 6.45) is 0.464. The second kappa shape index (κ2) is 4.07. The quantitative estimate of drug-likeness (QED) is 0.587. The molecule has 7 heteroatoms. The van der Waals surface area contributed by atoms with Gasteiger partial charge >= 0.3 is 0 Å². The monoisotopic (exact) mass is 220 g/mol. The Kier molecular flexibility index (Phi) is 2.61. The first kappa shape index (κ1) is 10.2. The summed E-state index contributed by atoms with van der Waals surface area (Å²) in [6.45, 7) is 0. The van der Waals surface area contributed by atoms with E-state index in [4.69, 9.17) is 0 Å². The van der Waals surface area contributed by atoms with Crippen molar-refractivity contribution < 1.29 is 10.0 Å². The lowest BCUT2D eigenvalue weighted by Crippen LogP contribution is -2.00. The first-order valence-electron chi connectivity index (χ1n) is 4.46. The number of nitrogens with one attached hydrogen (secondary N) is 1. The average Bonchev–Trinajstić information content (AvgIpc) is 2.81. The molecule has 0 radical (unpaired) electrons. The van der Waals surface area contributed by atoms with E-state index in [1.54, 1.807) is 0 Å². The van der Waals surface area contributed by atoms with Crippen LogP contribution in [-0.4, -0.2) is 25.4 Å². The van der Waals surface area contributed by atoms with E-state index >= 15 is 0 Å². The van der Waals surface area contributed by atoms with Gasteiger partial charge < -0.3 is 5.11 Å². The predicted molar refractivity (Wildman–Crippen MR) is 53.5 cm³/mol. The molecule has 0 bridgehead atoms. The fourth-order valence-corrected chi connectivity index (χ4v) is 1.29. The van der Waals surface area contributed by atoms with Gasteiger partial charge in [-0.3, -0.25) is 10.1 Å². The lowest BCUT2D eigenvalue weighted by molar-refractivity contribution is -0.384. The summed E-state index contributed by atoms with van der Waals surface area (Å²) in [7, 11) is 0. The minimum Gasteiger partial charge on any atom is -0.382 e. The van der Waals surface area contributed by atoms with Crippen LogP contribution in [0.25, 0.3) is 0 Å². The molecule has 1 aromatic heterocycles. The third kappa shape index (κ3) is 1.89. The molecular formula is C9H8N4O3. The first-order chi connectivity index (χ1) is 7.68. The Bertz CT molecular complexity index is 480. The number of hydrogen-bond donors (Lipinski definition) is 2. The van der Waals surface area contributed by atoms with Crippen LogP contribution in [0, 0.1) is 10.1 Å². The average molecular weight is 220 g/mol. The van der Waals surface area contributed by atoms with Gasteiger partial charge in [-0.05, 0) is 17.7 Å². The van der Waals surface area contributed by atoms with Gasteiger partial charge in [0.25, 0.3) is 5.69 Å². The Morgan fingerprint density at radius 1 is 1.38 bits per heavy atom. The standard InChI is InChI=1S/C9H8N4O3/c14-9(8-5-10-12-11-8)6-1-3-7(4-2-6)13(15)16/h1-5,9,14H,(H,10,11,12). The second-order valence-corrected chi connectivity index (χ2v) is 3.15. The Labute approximate surface area is 89.9 Å². The van der Waals surface area contributed by atoms with E-state index in [9.17, 15) is 15.2 Å². The van der Waals surface area contributed by atoms with Crippen LogP contribution in [0.15, 0.2) is 30.5 Å². The van der Waals surface area contributed by atoms with Crippen molar-refractivity contribution in [1.82, 2.24) is 15.4 Å². The van der Waals surface area contributed by atoms with Crippen molar-refractivity contribution in [3.8, 4) is 0 Å². The SMILES string of the molecule is O=[N+]([O-])c1ccc(C(O)c2cn[nH]n2)cc1. The third-order valence-corrected chi connectivity index (χ3v) is 2.13. The zero-order chi connectivity index (χ0) is 11.5. The third-order valence-electron chi connectivity index (χ3n) is 2.13. The summed E-state index contributed by atoms with van der Waals surface area (Å²) in [5, 5.41) is 29.9. The molecule has 0 aliphatic carbocycles. The lowest BCUT2D eigenvalue weighted by Gasteiger charge is -2.06. The number of aliphatic hydroxyl groups is 1. The van der Waals surface area contributed by atoms with Gasteiger partial charge in [-0.25, -0.2) is 0 Å². The topological polar surface area (TPSA) is 105 Å². The van der Waals surface area contributed by atoms with Crippen LogP contribution in [-0.2, 0) is 0 Å². The van der Waals surface area contributed by atoms with E-state index in [1.807, 2.05) is 0 Å². The van der Waals surface area contributed by atoms with Gasteiger partial charge in [0, 0.05) is 12.1 Å². The molecule has 1 atom stereocenters. The molecule has 2 aromatic rings. The molecule has 0 amide bonds. The number of rotatable bonds is 3. The number of hydrogen-bond acceptors (Lipinski definition) is 5. The highest BCUT2D eigenvalue weighted by molar-refractivity contribution is 5.35. The summed E-state index contributed by atoms with van der Waals surface area (Å²) >= 11 is 0. The molecule has 2 rings (SSSR count). The van der Waals surface area contributed by atoms with Crippen LogP contribution in [0.3, 0.4) is 0 Å². The van der Waals surface area contributed by atoms with Crippen molar-refractivity contribution in [1.29, 1.82) is 0 Å². The molecule has 1 unspecified atom stereocenters. The molecule has 7 nitrogen and oxygen atoms in total. The van der Waals surface area contributed by atoms with Gasteiger partial charge in [0.15, 0.2) is 0 Å². The van der Waals surface area contributed by atoms with E-state index in [2.05, 4.69) is 15.4 Å². The molecule has 0 aliphatic rings. The van der Waals surface area contributed by atoms with Crippen LogP contribution in [0.5, 0.6) is 0 Å². The van der Waals surface area contributed by atoms with E-state index in [0.717, 1.165) is 0 Å². The first-order valence-corrected chi connectivity index (χ1v) is 4.46. The Hall–Kier alpha value is -2.28. The number of H-pyrrole nitrogens is 1. The van der Waals surface area contributed by atoms with E-state index in [0.29, 0.717) is 11.3 Å². The van der Waals surface area contributed by atoms with Gasteiger partial charge in [0.05, 0.1) is 11.1 Å². The van der Waals surface area contributed by atoms with Crippen molar-refractivity contribution in [3.63, 3.8) is 0 Å². The highest BCUT2D eigenvalue weighted by Crippen LogP contribution is 2.21. The molecule has 0 aliphatic heterocycles. The largest absolute Gasteiger partial charge is 0.382 e. The van der Waals surface area contributed by atoms with Crippen molar-refractivity contribution in [2.24, 2.45) is 0 Å². The summed E-state index contributed by atoms with van der Waals surface area (Å²) < 4.78 is 0. The molecule has 0 saturated carbocycles. The number of non-ortho nitro benzene ring substituents is 1. The van der Waals surface area contributed by atoms with Crippen LogP contribution in [0.4, 0.5) is 5.69 Å². The molecule has 82 valence electrons. The van der Waals surface area contributed by atoms with Crippen LogP contribution >= 0.6 is 0 Å². The molecule has 16 heavy (non-hydrogen) atoms. The summed E-state index contributed by atoms with van der Waals surface area (Å²) in [6, 6.07) is 5.63. The number of aromatic amines is 1. The summed E-state index contributed by atoms with van der Waals surface area (Å²) in [5.41, 5.74) is 0.879. The van der Waals surface area contributed by atoms with Gasteiger partial charge in [-0.15, -0.1) is 0 Å². The highest BCUT2D eigenvalue weighted by atomic mass is 16.6. The molecule has 2 N–H and O–H groups in total. The predicted octanol–water partition coefficient (Wildman–Crippen LogP) is 0.795. The normalized spacial score (nSPS) is 12.3. The zero-order valence-electron chi connectivity index (χ0n) is 8.07. The maximum atomic E-state index is 10.4. The van der Waals surface area contributed by atoms with Gasteiger partial charge in [-0.2, -0.15) is 15.4 Å². The Morgan fingerprint density at radius 3 is 2.56 bits per heavy atom. The molecular weight excluding hydrogens is 212 g/mol. The number of benzene rings is 1. The molecule has 0 saturated heterocycles. The number of aliphatic hydroxyl groups excluding tert-OH is 1. The fourth-order valence-electron chi connectivity index (χ4n) is 1.29. The molecule has 1 aromatic carbocycles. The summed E-state index contributed by atoms with van der Waals surface area (Å²) in [4.78, 5) is 9.93. The lowest BCUT2D eigenvalue weighted by atomic mass is 10.1. The van der Waals surface area contributed by atoms with Crippen molar-refractivity contribution in [2.75, 3.05) is 0 Å². The Morgan fingerprint density at radius 2 is 2.06 bits per heavy atom.